The summed E-state index contributed by atoms with van der Waals surface area (Å²) in [7, 11) is 0. The highest BCUT2D eigenvalue weighted by Gasteiger charge is 2.24. The molecule has 0 fully saturated rings. The van der Waals surface area contributed by atoms with Gasteiger partial charge in [-0.1, -0.05) is 33.8 Å². The van der Waals surface area contributed by atoms with E-state index < -0.39 is 0 Å². The molecule has 0 saturated carbocycles. The van der Waals surface area contributed by atoms with Crippen LogP contribution in [0.5, 0.6) is 0 Å². The first kappa shape index (κ1) is 16.1. The van der Waals surface area contributed by atoms with Crippen LogP contribution in [0.1, 0.15) is 43.8 Å². The zero-order valence-corrected chi connectivity index (χ0v) is 14.2. The fourth-order valence-corrected chi connectivity index (χ4v) is 3.47. The molecule has 1 N–H and O–H groups in total. The van der Waals surface area contributed by atoms with E-state index in [4.69, 9.17) is 4.98 Å². The Hall–Kier alpha value is -1.26. The Morgan fingerprint density at radius 3 is 2.57 bits per heavy atom. The molecule has 0 atom stereocenters. The van der Waals surface area contributed by atoms with E-state index in [1.54, 1.807) is 17.4 Å². The van der Waals surface area contributed by atoms with Crippen molar-refractivity contribution in [2.75, 3.05) is 6.54 Å². The molecule has 0 aliphatic carbocycles. The van der Waals surface area contributed by atoms with Gasteiger partial charge in [-0.3, -0.25) is 0 Å². The van der Waals surface area contributed by atoms with Gasteiger partial charge in [-0.2, -0.15) is 0 Å². The highest BCUT2D eigenvalue weighted by molar-refractivity contribution is 7.15. The zero-order chi connectivity index (χ0) is 15.6. The minimum Gasteiger partial charge on any atom is -0.312 e. The summed E-state index contributed by atoms with van der Waals surface area (Å²) in [6.45, 7) is 12.1. The van der Waals surface area contributed by atoms with Crippen LogP contribution in [-0.4, -0.2) is 11.5 Å². The SMILES string of the molecule is CCNCc1sc(-c2ccc(C)cc2F)nc1C(C)(C)C. The fourth-order valence-electron chi connectivity index (χ4n) is 2.20. The van der Waals surface area contributed by atoms with Gasteiger partial charge in [0, 0.05) is 22.4 Å². The molecule has 0 bridgehead atoms. The monoisotopic (exact) mass is 306 g/mol. The number of aromatic nitrogens is 1. The number of hydrogen-bond acceptors (Lipinski definition) is 3. The summed E-state index contributed by atoms with van der Waals surface area (Å²) < 4.78 is 14.2. The highest BCUT2D eigenvalue weighted by Crippen LogP contribution is 2.35. The average molecular weight is 306 g/mol. The van der Waals surface area contributed by atoms with Crippen LogP contribution in [0, 0.1) is 12.7 Å². The molecule has 0 spiro atoms. The number of benzene rings is 1. The van der Waals surface area contributed by atoms with Gasteiger partial charge in [0.2, 0.25) is 0 Å². The molecule has 1 aromatic heterocycles. The lowest BCUT2D eigenvalue weighted by Gasteiger charge is -2.17. The van der Waals surface area contributed by atoms with Crippen molar-refractivity contribution in [2.24, 2.45) is 0 Å². The molecule has 1 heterocycles. The van der Waals surface area contributed by atoms with E-state index in [1.807, 2.05) is 19.1 Å². The summed E-state index contributed by atoms with van der Waals surface area (Å²) in [6, 6.07) is 5.32. The van der Waals surface area contributed by atoms with Gasteiger partial charge in [-0.05, 0) is 31.2 Å². The molecule has 114 valence electrons. The number of hydrogen-bond donors (Lipinski definition) is 1. The third kappa shape index (κ3) is 3.69. The predicted octanol–water partition coefficient (Wildman–Crippen LogP) is 4.66. The number of rotatable bonds is 4. The van der Waals surface area contributed by atoms with E-state index in [0.717, 1.165) is 29.4 Å². The van der Waals surface area contributed by atoms with Gasteiger partial charge in [0.15, 0.2) is 0 Å². The molecule has 21 heavy (non-hydrogen) atoms. The van der Waals surface area contributed by atoms with E-state index in [2.05, 4.69) is 33.0 Å². The van der Waals surface area contributed by atoms with Gasteiger partial charge in [0.05, 0.1) is 5.69 Å². The normalized spacial score (nSPS) is 11.9. The number of nitrogens with zero attached hydrogens (tertiary/aromatic N) is 1. The summed E-state index contributed by atoms with van der Waals surface area (Å²) in [6.07, 6.45) is 0. The summed E-state index contributed by atoms with van der Waals surface area (Å²) >= 11 is 1.59. The Morgan fingerprint density at radius 1 is 1.29 bits per heavy atom. The van der Waals surface area contributed by atoms with Crippen molar-refractivity contribution in [1.29, 1.82) is 0 Å². The number of halogens is 1. The number of thiazole rings is 1. The molecule has 2 aromatic rings. The Kier molecular flexibility index (Phi) is 4.79. The molecule has 0 radical (unpaired) electrons. The van der Waals surface area contributed by atoms with Crippen molar-refractivity contribution in [1.82, 2.24) is 10.3 Å². The second kappa shape index (κ2) is 6.24. The van der Waals surface area contributed by atoms with Gasteiger partial charge in [0.1, 0.15) is 10.8 Å². The molecule has 4 heteroatoms. The first-order valence-electron chi connectivity index (χ1n) is 7.30. The second-order valence-corrected chi connectivity index (χ2v) is 7.39. The van der Waals surface area contributed by atoms with E-state index in [-0.39, 0.29) is 11.2 Å². The van der Waals surface area contributed by atoms with Gasteiger partial charge in [-0.15, -0.1) is 11.3 Å². The Bertz CT molecular complexity index is 626. The molecule has 2 nitrogen and oxygen atoms in total. The van der Waals surface area contributed by atoms with E-state index in [1.165, 1.54) is 4.88 Å². The van der Waals surface area contributed by atoms with Crippen LogP contribution in [0.2, 0.25) is 0 Å². The smallest absolute Gasteiger partial charge is 0.133 e. The molecule has 0 amide bonds. The van der Waals surface area contributed by atoms with Crippen LogP contribution in [0.25, 0.3) is 10.6 Å². The number of nitrogens with one attached hydrogen (secondary N) is 1. The van der Waals surface area contributed by atoms with Crippen molar-refractivity contribution in [3.63, 3.8) is 0 Å². The van der Waals surface area contributed by atoms with Crippen LogP contribution in [0.3, 0.4) is 0 Å². The van der Waals surface area contributed by atoms with Crippen LogP contribution < -0.4 is 5.32 Å². The van der Waals surface area contributed by atoms with Crippen LogP contribution in [0.4, 0.5) is 4.39 Å². The zero-order valence-electron chi connectivity index (χ0n) is 13.4. The van der Waals surface area contributed by atoms with Crippen molar-refractivity contribution in [3.05, 3.63) is 40.2 Å². The first-order valence-corrected chi connectivity index (χ1v) is 8.12. The van der Waals surface area contributed by atoms with Gasteiger partial charge in [-0.25, -0.2) is 9.37 Å². The minimum absolute atomic E-state index is 0.0410. The Morgan fingerprint density at radius 2 is 2.00 bits per heavy atom. The molecule has 0 saturated heterocycles. The van der Waals surface area contributed by atoms with Gasteiger partial charge >= 0.3 is 0 Å². The van der Waals surface area contributed by atoms with Crippen LogP contribution in [0.15, 0.2) is 18.2 Å². The molecular weight excluding hydrogens is 283 g/mol. The molecule has 0 unspecified atom stereocenters. The van der Waals surface area contributed by atoms with Crippen molar-refractivity contribution < 1.29 is 4.39 Å². The molecule has 0 aliphatic rings. The third-order valence-electron chi connectivity index (χ3n) is 3.30. The third-order valence-corrected chi connectivity index (χ3v) is 4.39. The van der Waals surface area contributed by atoms with E-state index in [0.29, 0.717) is 5.56 Å². The first-order chi connectivity index (χ1) is 9.82. The fraction of sp³-hybridized carbons (Fsp3) is 0.471. The Labute approximate surface area is 130 Å². The molecule has 2 rings (SSSR count). The van der Waals surface area contributed by atoms with Gasteiger partial charge < -0.3 is 5.32 Å². The maximum Gasteiger partial charge on any atom is 0.133 e. The minimum atomic E-state index is -0.195. The van der Waals surface area contributed by atoms with E-state index in [9.17, 15) is 4.39 Å². The highest BCUT2D eigenvalue weighted by atomic mass is 32.1. The van der Waals surface area contributed by atoms with Crippen molar-refractivity contribution in [3.8, 4) is 10.6 Å². The maximum absolute atomic E-state index is 14.2. The summed E-state index contributed by atoms with van der Waals surface area (Å²) in [5, 5.41) is 4.11. The molecular formula is C17H23FN2S. The standard InChI is InChI=1S/C17H23FN2S/c1-6-19-10-14-15(17(3,4)5)20-16(21-14)12-8-7-11(2)9-13(12)18/h7-9,19H,6,10H2,1-5H3. The second-order valence-electron chi connectivity index (χ2n) is 6.30. The van der Waals surface area contributed by atoms with Crippen molar-refractivity contribution >= 4 is 11.3 Å². The quantitative estimate of drug-likeness (QED) is 0.888. The predicted molar refractivity (Wildman–Crippen MR) is 88.3 cm³/mol. The van der Waals surface area contributed by atoms with Crippen molar-refractivity contribution in [2.45, 2.75) is 46.6 Å². The number of aryl methyl sites for hydroxylation is 1. The average Bonchev–Trinajstić information content (AvgIpc) is 2.80. The van der Waals surface area contributed by atoms with Crippen LogP contribution in [-0.2, 0) is 12.0 Å². The lowest BCUT2D eigenvalue weighted by atomic mass is 9.91. The van der Waals surface area contributed by atoms with Crippen LogP contribution >= 0.6 is 11.3 Å². The topological polar surface area (TPSA) is 24.9 Å². The molecule has 0 aliphatic heterocycles. The summed E-state index contributed by atoms with van der Waals surface area (Å²) in [5.41, 5.74) is 2.54. The lowest BCUT2D eigenvalue weighted by molar-refractivity contribution is 0.561. The summed E-state index contributed by atoms with van der Waals surface area (Å²) in [4.78, 5) is 5.93. The largest absolute Gasteiger partial charge is 0.312 e. The van der Waals surface area contributed by atoms with E-state index >= 15 is 0 Å². The lowest BCUT2D eigenvalue weighted by Crippen LogP contribution is -2.18. The Balaban J connectivity index is 2.47. The molecule has 1 aromatic carbocycles. The maximum atomic E-state index is 14.2. The van der Waals surface area contributed by atoms with Gasteiger partial charge in [0.25, 0.3) is 0 Å². The summed E-state index contributed by atoms with van der Waals surface area (Å²) in [5.74, 6) is -0.195.